The normalized spacial score (nSPS) is 30.2. The first-order valence-electron chi connectivity index (χ1n) is 15.4. The molecule has 40 heavy (non-hydrogen) atoms. The van der Waals surface area contributed by atoms with E-state index in [0.29, 0.717) is 12.8 Å². The van der Waals surface area contributed by atoms with E-state index in [1.54, 1.807) is 0 Å². The average molecular weight is 557 g/mol. The van der Waals surface area contributed by atoms with Crippen molar-refractivity contribution in [3.05, 3.63) is 60.2 Å². The van der Waals surface area contributed by atoms with Crippen LogP contribution >= 0.6 is 0 Å². The quantitative estimate of drug-likeness (QED) is 0.196. The number of aliphatic hydroxyl groups excluding tert-OH is 1. The summed E-state index contributed by atoms with van der Waals surface area (Å²) < 4.78 is 24.7. The van der Waals surface area contributed by atoms with Gasteiger partial charge < -0.3 is 29.2 Å². The molecule has 0 spiro atoms. The molecular weight excluding hydrogens is 508 g/mol. The summed E-state index contributed by atoms with van der Waals surface area (Å²) in [6.45, 7) is 1.46. The summed E-state index contributed by atoms with van der Waals surface area (Å²) in [4.78, 5) is 10.8. The van der Waals surface area contributed by atoms with Gasteiger partial charge in [-0.25, -0.2) is 0 Å². The van der Waals surface area contributed by atoms with Gasteiger partial charge in [0.25, 0.3) is 0 Å². The zero-order chi connectivity index (χ0) is 28.0. The lowest BCUT2D eigenvalue weighted by Gasteiger charge is -2.30. The SMILES string of the molecule is O=C(O)CCCC=CC[C@@H]1[C@@H](C=CC(CCc2ccccc2)OC2CCCCO2)[C@H](OC2CCCCO2)C[C@@H]1O. The molecule has 1 saturated carbocycles. The zero-order valence-corrected chi connectivity index (χ0v) is 23.8. The Bertz CT molecular complexity index is 905. The molecule has 7 atom stereocenters. The maximum absolute atomic E-state index is 11.1. The number of aliphatic hydroxyl groups is 1. The van der Waals surface area contributed by atoms with Crippen LogP contribution in [-0.2, 0) is 30.2 Å². The molecule has 1 aliphatic carbocycles. The molecule has 1 aromatic rings. The molecular formula is C33H48O7. The number of carbonyl (C=O) groups is 1. The van der Waals surface area contributed by atoms with Crippen LogP contribution < -0.4 is 0 Å². The molecule has 0 radical (unpaired) electrons. The van der Waals surface area contributed by atoms with E-state index in [1.165, 1.54) is 5.56 Å². The molecule has 4 rings (SSSR count). The molecule has 2 saturated heterocycles. The predicted molar refractivity (Wildman–Crippen MR) is 154 cm³/mol. The number of aliphatic carboxylic acids is 1. The minimum absolute atomic E-state index is 0.0151. The standard InChI is InChI=1S/C33H48O7/c34-29-24-30(40-33-17-9-11-23-38-33)28(27(29)14-6-1-2-7-15-31(35)36)21-20-26(39-32-16-8-10-22-37-32)19-18-25-12-4-3-5-13-25/h1,3-6,12-13,20-21,26-30,32-34H,2,7-11,14-19,22-24H2,(H,35,36)/t26?,27-,28-,29+,30-,32?,33?/m1/s1. The number of carboxylic acids is 1. The van der Waals surface area contributed by atoms with Crippen LogP contribution in [0.4, 0.5) is 0 Å². The number of unbranched alkanes of at least 4 members (excludes halogenated alkanes) is 1. The van der Waals surface area contributed by atoms with Crippen LogP contribution in [0, 0.1) is 11.8 Å². The largest absolute Gasteiger partial charge is 0.481 e. The number of rotatable bonds is 15. The van der Waals surface area contributed by atoms with Crippen molar-refractivity contribution < 1.29 is 34.0 Å². The van der Waals surface area contributed by atoms with Crippen LogP contribution in [0.25, 0.3) is 0 Å². The highest BCUT2D eigenvalue weighted by Gasteiger charge is 2.42. The molecule has 2 N–H and O–H groups in total. The van der Waals surface area contributed by atoms with Gasteiger partial charge in [0.2, 0.25) is 0 Å². The van der Waals surface area contributed by atoms with Crippen molar-refractivity contribution in [3.63, 3.8) is 0 Å². The predicted octanol–water partition coefficient (Wildman–Crippen LogP) is 6.20. The highest BCUT2D eigenvalue weighted by Crippen LogP contribution is 2.39. The van der Waals surface area contributed by atoms with Crippen LogP contribution in [0.15, 0.2) is 54.6 Å². The second kappa shape index (κ2) is 17.0. The van der Waals surface area contributed by atoms with E-state index in [0.717, 1.165) is 77.4 Å². The van der Waals surface area contributed by atoms with Gasteiger partial charge in [-0.05, 0) is 82.1 Å². The summed E-state index contributed by atoms with van der Waals surface area (Å²) in [5.74, 6) is -0.724. The summed E-state index contributed by atoms with van der Waals surface area (Å²) in [6.07, 6.45) is 18.2. The van der Waals surface area contributed by atoms with E-state index in [9.17, 15) is 9.90 Å². The van der Waals surface area contributed by atoms with E-state index in [-0.39, 0.29) is 43.0 Å². The van der Waals surface area contributed by atoms with Crippen molar-refractivity contribution in [2.45, 2.75) is 114 Å². The van der Waals surface area contributed by atoms with Gasteiger partial charge in [-0.2, -0.15) is 0 Å². The van der Waals surface area contributed by atoms with Crippen molar-refractivity contribution >= 4 is 5.97 Å². The average Bonchev–Trinajstić information content (AvgIpc) is 3.26. The highest BCUT2D eigenvalue weighted by atomic mass is 16.7. The second-order valence-electron chi connectivity index (χ2n) is 11.4. The fraction of sp³-hybridized carbons (Fsp3) is 0.667. The molecule has 1 aromatic carbocycles. The zero-order valence-electron chi connectivity index (χ0n) is 23.8. The minimum Gasteiger partial charge on any atom is -0.481 e. The van der Waals surface area contributed by atoms with E-state index in [1.807, 2.05) is 12.1 Å². The van der Waals surface area contributed by atoms with Gasteiger partial charge >= 0.3 is 5.97 Å². The Morgan fingerprint density at radius 1 is 1.02 bits per heavy atom. The van der Waals surface area contributed by atoms with Gasteiger partial charge in [0.15, 0.2) is 12.6 Å². The second-order valence-corrected chi connectivity index (χ2v) is 11.4. The van der Waals surface area contributed by atoms with Crippen LogP contribution in [0.3, 0.4) is 0 Å². The van der Waals surface area contributed by atoms with Crippen LogP contribution in [0.1, 0.15) is 82.6 Å². The summed E-state index contributed by atoms with van der Waals surface area (Å²) in [5, 5.41) is 20.0. The van der Waals surface area contributed by atoms with E-state index < -0.39 is 12.1 Å². The number of hydrogen-bond acceptors (Lipinski definition) is 6. The van der Waals surface area contributed by atoms with Crippen LogP contribution in [-0.4, -0.2) is 60.3 Å². The van der Waals surface area contributed by atoms with Gasteiger partial charge in [0, 0.05) is 32.0 Å². The number of benzene rings is 1. The van der Waals surface area contributed by atoms with E-state index >= 15 is 0 Å². The number of allylic oxidation sites excluding steroid dienone is 2. The van der Waals surface area contributed by atoms with Gasteiger partial charge in [-0.15, -0.1) is 0 Å². The maximum atomic E-state index is 11.1. The molecule has 0 aromatic heterocycles. The first-order valence-corrected chi connectivity index (χ1v) is 15.4. The molecule has 0 bridgehead atoms. The Kier molecular flexibility index (Phi) is 13.2. The molecule has 2 heterocycles. The third-order valence-electron chi connectivity index (χ3n) is 8.27. The van der Waals surface area contributed by atoms with Crippen molar-refractivity contribution in [1.29, 1.82) is 0 Å². The Hall–Kier alpha value is -2.03. The lowest BCUT2D eigenvalue weighted by atomic mass is 9.89. The Morgan fingerprint density at radius 2 is 1.77 bits per heavy atom. The van der Waals surface area contributed by atoms with Gasteiger partial charge in [0.05, 0.1) is 18.3 Å². The van der Waals surface area contributed by atoms with Crippen molar-refractivity contribution in [1.82, 2.24) is 0 Å². The number of carboxylic acid groups (broad SMARTS) is 1. The van der Waals surface area contributed by atoms with Crippen LogP contribution in [0.2, 0.25) is 0 Å². The summed E-state index contributed by atoms with van der Waals surface area (Å²) in [7, 11) is 0. The topological polar surface area (TPSA) is 94.5 Å². The lowest BCUT2D eigenvalue weighted by molar-refractivity contribution is -0.193. The van der Waals surface area contributed by atoms with Gasteiger partial charge in [-0.3, -0.25) is 4.79 Å². The third-order valence-corrected chi connectivity index (χ3v) is 8.27. The first-order chi connectivity index (χ1) is 19.6. The molecule has 0 amide bonds. The number of hydrogen-bond donors (Lipinski definition) is 2. The van der Waals surface area contributed by atoms with Crippen molar-refractivity contribution in [2.75, 3.05) is 13.2 Å². The molecule has 7 heteroatoms. The summed E-state index contributed by atoms with van der Waals surface area (Å²) in [5.41, 5.74) is 1.28. The molecule has 222 valence electrons. The molecule has 3 aliphatic rings. The van der Waals surface area contributed by atoms with Gasteiger partial charge in [0.1, 0.15) is 0 Å². The van der Waals surface area contributed by atoms with Crippen LogP contribution in [0.5, 0.6) is 0 Å². The smallest absolute Gasteiger partial charge is 0.303 e. The Labute approximate surface area is 239 Å². The molecule has 3 fully saturated rings. The fourth-order valence-corrected chi connectivity index (χ4v) is 6.01. The number of aryl methyl sites for hydroxylation is 1. The monoisotopic (exact) mass is 556 g/mol. The van der Waals surface area contributed by atoms with E-state index in [4.69, 9.17) is 24.1 Å². The summed E-state index contributed by atoms with van der Waals surface area (Å²) >= 11 is 0. The minimum atomic E-state index is -0.766. The maximum Gasteiger partial charge on any atom is 0.303 e. The fourth-order valence-electron chi connectivity index (χ4n) is 6.01. The van der Waals surface area contributed by atoms with Gasteiger partial charge in [-0.1, -0.05) is 54.6 Å². The third kappa shape index (κ3) is 10.4. The van der Waals surface area contributed by atoms with Crippen molar-refractivity contribution in [2.24, 2.45) is 11.8 Å². The molecule has 3 unspecified atom stereocenters. The summed E-state index contributed by atoms with van der Waals surface area (Å²) in [6, 6.07) is 10.5. The Morgan fingerprint density at radius 3 is 2.48 bits per heavy atom. The molecule has 7 nitrogen and oxygen atoms in total. The van der Waals surface area contributed by atoms with E-state index in [2.05, 4.69) is 42.5 Å². The highest BCUT2D eigenvalue weighted by molar-refractivity contribution is 5.66. The number of ether oxygens (including phenoxy) is 4. The van der Waals surface area contributed by atoms with Crippen molar-refractivity contribution in [3.8, 4) is 0 Å². The Balaban J connectivity index is 1.44. The first kappa shape index (κ1) is 30.9. The molecule has 2 aliphatic heterocycles. The lowest BCUT2D eigenvalue weighted by Crippen LogP contribution is -2.31.